The fourth-order valence-corrected chi connectivity index (χ4v) is 6.68. The van der Waals surface area contributed by atoms with Crippen molar-refractivity contribution in [3.8, 4) is 37.1 Å². The number of likely N-dealkylation sites (tertiary alicyclic amines) is 1. The van der Waals surface area contributed by atoms with E-state index in [1.807, 2.05) is 56.5 Å². The number of nitrogens with zero attached hydrogens (tertiary/aromatic N) is 2. The van der Waals surface area contributed by atoms with E-state index in [4.69, 9.17) is 9.40 Å². The number of hydrogen-bond acceptors (Lipinski definition) is 9. The van der Waals surface area contributed by atoms with E-state index < -0.39 is 16.1 Å². The van der Waals surface area contributed by atoms with Crippen LogP contribution in [0.15, 0.2) is 53.3 Å². The summed E-state index contributed by atoms with van der Waals surface area (Å²) in [5.41, 5.74) is 1.20. The number of carbonyl (C=O) groups is 3. The molecule has 0 bridgehead atoms. The smallest absolute Gasteiger partial charge is 0.246 e. The number of anilines is 1. The molecule has 0 radical (unpaired) electrons. The van der Waals surface area contributed by atoms with E-state index in [1.165, 1.54) is 11.3 Å². The Balaban J connectivity index is 0.000000451. The maximum atomic E-state index is 13.6. The first-order chi connectivity index (χ1) is 23.0. The Labute approximate surface area is 288 Å². The SMILES string of the molecule is C#C.C#C.C=C.CC(C)(C)[C@H](Nc1nc(-c2cc3ccccc3o2)cs1)C(=O)N1CCC[C@H]1C(=O)NC1CC1.O=CNS(=O)(=O)C1CC1. The van der Waals surface area contributed by atoms with Gasteiger partial charge in [0.15, 0.2) is 10.9 Å². The topological polar surface area (TPSA) is 151 Å². The molecular weight excluding hydrogens is 651 g/mol. The molecule has 1 aromatic carbocycles. The highest BCUT2D eigenvalue weighted by Crippen LogP contribution is 2.33. The molecule has 2 aliphatic carbocycles. The number of sulfonamides is 1. The molecule has 3 aromatic rings. The van der Waals surface area contributed by atoms with Gasteiger partial charge in [0.25, 0.3) is 0 Å². The molecule has 48 heavy (non-hydrogen) atoms. The van der Waals surface area contributed by atoms with E-state index >= 15 is 0 Å². The molecule has 11 nitrogen and oxygen atoms in total. The molecule has 0 spiro atoms. The van der Waals surface area contributed by atoms with Gasteiger partial charge < -0.3 is 20.0 Å². The molecule has 0 unspecified atom stereocenters. The lowest BCUT2D eigenvalue weighted by atomic mass is 9.85. The Kier molecular flexibility index (Phi) is 14.9. The molecule has 2 saturated carbocycles. The van der Waals surface area contributed by atoms with Gasteiger partial charge >= 0.3 is 0 Å². The van der Waals surface area contributed by atoms with Crippen LogP contribution in [0.25, 0.3) is 22.4 Å². The average Bonchev–Trinajstić information content (AvgIpc) is 3.95. The molecule has 258 valence electrons. The van der Waals surface area contributed by atoms with Crippen molar-refractivity contribution in [2.45, 2.75) is 82.7 Å². The summed E-state index contributed by atoms with van der Waals surface area (Å²) in [4.78, 5) is 42.5. The van der Waals surface area contributed by atoms with Crippen LogP contribution in [0, 0.1) is 31.1 Å². The molecule has 6 rings (SSSR count). The van der Waals surface area contributed by atoms with Crippen molar-refractivity contribution in [2.24, 2.45) is 5.41 Å². The van der Waals surface area contributed by atoms with Gasteiger partial charge in [0.2, 0.25) is 28.2 Å². The number of aromatic nitrogens is 1. The highest BCUT2D eigenvalue weighted by atomic mass is 32.2. The van der Waals surface area contributed by atoms with Crippen molar-refractivity contribution in [3.05, 3.63) is 48.9 Å². The summed E-state index contributed by atoms with van der Waals surface area (Å²) >= 11 is 1.45. The van der Waals surface area contributed by atoms with Gasteiger partial charge in [-0.15, -0.1) is 50.2 Å². The Morgan fingerprint density at radius 3 is 2.29 bits per heavy atom. The molecule has 3 N–H and O–H groups in total. The number of carbonyl (C=O) groups excluding carboxylic acids is 3. The minimum absolute atomic E-state index is 0.0163. The van der Waals surface area contributed by atoms with Crippen LogP contribution in [0.2, 0.25) is 0 Å². The van der Waals surface area contributed by atoms with Crippen LogP contribution in [-0.2, 0) is 24.4 Å². The van der Waals surface area contributed by atoms with Crippen molar-refractivity contribution in [1.29, 1.82) is 0 Å². The van der Waals surface area contributed by atoms with E-state index in [9.17, 15) is 22.8 Å². The van der Waals surface area contributed by atoms with Crippen molar-refractivity contribution < 1.29 is 27.2 Å². The number of nitrogens with one attached hydrogen (secondary N) is 3. The predicted molar refractivity (Wildman–Crippen MR) is 192 cm³/mol. The minimum atomic E-state index is -3.26. The summed E-state index contributed by atoms with van der Waals surface area (Å²) < 4.78 is 29.0. The molecule has 1 aliphatic heterocycles. The predicted octanol–water partition coefficient (Wildman–Crippen LogP) is 5.18. The largest absolute Gasteiger partial charge is 0.454 e. The number of rotatable bonds is 9. The fourth-order valence-electron chi connectivity index (χ4n) is 4.87. The monoisotopic (exact) mass is 695 g/mol. The third kappa shape index (κ3) is 10.7. The lowest BCUT2D eigenvalue weighted by Gasteiger charge is -2.35. The maximum Gasteiger partial charge on any atom is 0.246 e. The second-order valence-corrected chi connectivity index (χ2v) is 14.9. The van der Waals surface area contributed by atoms with Crippen molar-refractivity contribution in [1.82, 2.24) is 19.9 Å². The van der Waals surface area contributed by atoms with Crippen LogP contribution in [0.1, 0.15) is 59.3 Å². The third-order valence-corrected chi connectivity index (χ3v) is 10.0. The molecule has 13 heteroatoms. The second-order valence-electron chi connectivity index (χ2n) is 12.1. The Hall–Kier alpha value is -4.59. The van der Waals surface area contributed by atoms with Gasteiger partial charge in [0.05, 0.1) is 5.25 Å². The molecule has 3 fully saturated rings. The normalized spacial score (nSPS) is 17.2. The Morgan fingerprint density at radius 1 is 1.08 bits per heavy atom. The highest BCUT2D eigenvalue weighted by molar-refractivity contribution is 7.90. The molecule has 3 aliphatic rings. The number of thiazole rings is 1. The zero-order valence-electron chi connectivity index (χ0n) is 27.7. The van der Waals surface area contributed by atoms with E-state index in [0.29, 0.717) is 42.7 Å². The molecule has 1 saturated heterocycles. The summed E-state index contributed by atoms with van der Waals surface area (Å²) in [6.45, 7) is 12.7. The summed E-state index contributed by atoms with van der Waals surface area (Å²) in [5, 5.41) is 9.77. The number of fused-ring (bicyclic) bond motifs is 1. The summed E-state index contributed by atoms with van der Waals surface area (Å²) in [5.74, 6) is 0.643. The Morgan fingerprint density at radius 2 is 1.73 bits per heavy atom. The standard InChI is InChI=1S/C25H30N4O3S.C4H7NO3S.C2H4.2C2H2/c1-25(2,3)21(23(31)29-12-6-8-18(29)22(30)26-16-10-11-16)28-24-27-17(14-33-24)20-13-15-7-4-5-9-19(15)32-20;6-3-5-9(7,8)4-1-2-4;3*1-2/h4-5,7,9,13-14,16,18,21H,6,8,10-12H2,1-3H3,(H,26,30)(H,27,28);3-4H,1-2H2,(H,5,6);1-2H2;2*1-2H/t18-,21+;;;;/m0..../s1. The van der Waals surface area contributed by atoms with Crippen molar-refractivity contribution in [3.63, 3.8) is 0 Å². The molecule has 2 aromatic heterocycles. The van der Waals surface area contributed by atoms with Crippen LogP contribution in [0.3, 0.4) is 0 Å². The van der Waals surface area contributed by atoms with E-state index in [1.54, 1.807) is 9.62 Å². The molecule has 2 atom stereocenters. The van der Waals surface area contributed by atoms with Gasteiger partial charge in [-0.25, -0.2) is 13.4 Å². The third-order valence-electron chi connectivity index (χ3n) is 7.50. The highest BCUT2D eigenvalue weighted by Gasteiger charge is 2.42. The second kappa shape index (κ2) is 18.1. The average molecular weight is 696 g/mol. The number of amides is 3. The fraction of sp³-hybridized carbons (Fsp3) is 0.429. The molecule has 3 heterocycles. The van der Waals surface area contributed by atoms with Crippen LogP contribution in [-0.4, -0.2) is 66.4 Å². The molecule has 3 amide bonds. The van der Waals surface area contributed by atoms with E-state index in [-0.39, 0.29) is 34.9 Å². The van der Waals surface area contributed by atoms with Crippen LogP contribution in [0.5, 0.6) is 0 Å². The van der Waals surface area contributed by atoms with Gasteiger partial charge in [-0.2, -0.15) is 0 Å². The number of benzene rings is 1. The number of hydrogen-bond donors (Lipinski definition) is 3. The van der Waals surface area contributed by atoms with E-state index in [2.05, 4.69) is 49.5 Å². The van der Waals surface area contributed by atoms with Crippen molar-refractivity contribution in [2.75, 3.05) is 11.9 Å². The van der Waals surface area contributed by atoms with Crippen LogP contribution in [0.4, 0.5) is 5.13 Å². The summed E-state index contributed by atoms with van der Waals surface area (Å²) in [7, 11) is -3.26. The zero-order valence-corrected chi connectivity index (χ0v) is 29.3. The quantitative estimate of drug-likeness (QED) is 0.158. The lowest BCUT2D eigenvalue weighted by Crippen LogP contribution is -2.54. The molecular formula is C35H45N5O6S2. The van der Waals surface area contributed by atoms with Gasteiger partial charge in [-0.1, -0.05) is 39.0 Å². The first-order valence-electron chi connectivity index (χ1n) is 15.4. The maximum absolute atomic E-state index is 13.6. The zero-order chi connectivity index (χ0) is 36.1. The van der Waals surface area contributed by atoms with E-state index in [0.717, 1.165) is 35.9 Å². The van der Waals surface area contributed by atoms with Crippen LogP contribution >= 0.6 is 11.3 Å². The van der Waals surface area contributed by atoms with Gasteiger partial charge in [0, 0.05) is 23.4 Å². The lowest BCUT2D eigenvalue weighted by molar-refractivity contribution is -0.140. The summed E-state index contributed by atoms with van der Waals surface area (Å²) in [6, 6.07) is 9.25. The Bertz CT molecular complexity index is 1620. The number of para-hydroxylation sites is 1. The first kappa shape index (κ1) is 39.6. The van der Waals surface area contributed by atoms with Crippen molar-refractivity contribution >= 4 is 55.7 Å². The van der Waals surface area contributed by atoms with Gasteiger partial charge in [0.1, 0.15) is 23.4 Å². The minimum Gasteiger partial charge on any atom is -0.454 e. The first-order valence-corrected chi connectivity index (χ1v) is 17.8. The summed E-state index contributed by atoms with van der Waals surface area (Å²) in [6.07, 6.45) is 21.2. The van der Waals surface area contributed by atoms with Gasteiger partial charge in [-0.05, 0) is 56.1 Å². The number of terminal acetylenes is 2. The number of furan rings is 1. The van der Waals surface area contributed by atoms with Crippen LogP contribution < -0.4 is 15.4 Å². The van der Waals surface area contributed by atoms with Gasteiger partial charge in [-0.3, -0.25) is 19.1 Å².